The van der Waals surface area contributed by atoms with Gasteiger partial charge in [0.05, 0.1) is 99.1 Å². The molecule has 0 bridgehead atoms. The molecule has 0 spiro atoms. The summed E-state index contributed by atoms with van der Waals surface area (Å²) in [4.78, 5) is 10.4. The quantitative estimate of drug-likeness (QED) is 0.148. The van der Waals surface area contributed by atoms with E-state index in [-0.39, 0.29) is 0 Å². The van der Waals surface area contributed by atoms with E-state index in [2.05, 4.69) is 5.32 Å². The highest BCUT2D eigenvalue weighted by molar-refractivity contribution is 5.64. The van der Waals surface area contributed by atoms with E-state index in [4.69, 9.17) is 47.7 Å². The highest BCUT2D eigenvalue weighted by Gasteiger charge is 1.99. The molecule has 1 aromatic carbocycles. The second-order valence-electron chi connectivity index (χ2n) is 7.75. The first-order valence-corrected chi connectivity index (χ1v) is 12.9. The second kappa shape index (κ2) is 26.6. The van der Waals surface area contributed by atoms with Crippen LogP contribution >= 0.6 is 0 Å². The van der Waals surface area contributed by atoms with Crippen molar-refractivity contribution in [1.82, 2.24) is 5.32 Å². The van der Waals surface area contributed by atoms with Gasteiger partial charge in [0.25, 0.3) is 0 Å². The van der Waals surface area contributed by atoms with Gasteiger partial charge < -0.3 is 53.1 Å². The lowest BCUT2D eigenvalue weighted by Crippen LogP contribution is -2.23. The van der Waals surface area contributed by atoms with Gasteiger partial charge in [0, 0.05) is 13.7 Å². The maximum Gasteiger partial charge on any atom is 0.404 e. The third-order valence-electron chi connectivity index (χ3n) is 4.77. The van der Waals surface area contributed by atoms with E-state index in [0.29, 0.717) is 119 Å². The van der Waals surface area contributed by atoms with Gasteiger partial charge in [-0.1, -0.05) is 12.1 Å². The lowest BCUT2D eigenvalue weighted by molar-refractivity contribution is -0.0227. The van der Waals surface area contributed by atoms with E-state index in [1.807, 2.05) is 24.3 Å². The van der Waals surface area contributed by atoms with Gasteiger partial charge in [-0.3, -0.25) is 0 Å². The first-order chi connectivity index (χ1) is 18.7. The lowest BCUT2D eigenvalue weighted by atomic mass is 10.1. The van der Waals surface area contributed by atoms with E-state index in [1.165, 1.54) is 0 Å². The normalized spacial score (nSPS) is 11.1. The Labute approximate surface area is 225 Å². The Morgan fingerprint density at radius 2 is 0.974 bits per heavy atom. The molecule has 0 saturated carbocycles. The van der Waals surface area contributed by atoms with Gasteiger partial charge >= 0.3 is 6.09 Å². The van der Waals surface area contributed by atoms with Gasteiger partial charge in [-0.05, 0) is 24.1 Å². The van der Waals surface area contributed by atoms with E-state index >= 15 is 0 Å². The van der Waals surface area contributed by atoms with Crippen molar-refractivity contribution in [3.05, 3.63) is 29.8 Å². The predicted molar refractivity (Wildman–Crippen MR) is 139 cm³/mol. The minimum atomic E-state index is -1.02. The van der Waals surface area contributed by atoms with Crippen LogP contribution in [0.15, 0.2) is 24.3 Å². The topological polar surface area (TPSA) is 132 Å². The number of nitrogens with one attached hydrogen (secondary N) is 1. The number of carboxylic acid groups (broad SMARTS) is 1. The number of amides is 1. The summed E-state index contributed by atoms with van der Waals surface area (Å²) in [6, 6.07) is 7.55. The third-order valence-corrected chi connectivity index (χ3v) is 4.77. The van der Waals surface area contributed by atoms with Crippen molar-refractivity contribution in [3.8, 4) is 5.75 Å². The largest absolute Gasteiger partial charge is 0.491 e. The molecule has 12 heteroatoms. The summed E-state index contributed by atoms with van der Waals surface area (Å²) in [6.45, 7) is 8.60. The van der Waals surface area contributed by atoms with Gasteiger partial charge in [0.2, 0.25) is 0 Å². The standard InChI is InChI=1S/C26H45NO11/c1-30-8-9-31-10-11-32-12-13-33-14-15-34-16-17-35-18-19-36-20-21-37-22-23-38-25-4-2-24(3-5-25)6-7-27-26(28)29/h2-5,27H,6-23H2,1H3,(H,28,29). The molecule has 12 nitrogen and oxygen atoms in total. The van der Waals surface area contributed by atoms with Crippen LogP contribution in [0.2, 0.25) is 0 Å². The SMILES string of the molecule is COCCOCCOCCOCCOCCOCCOCCOCCOc1ccc(CCNC(=O)O)cc1. The fourth-order valence-corrected chi connectivity index (χ4v) is 2.85. The summed E-state index contributed by atoms with van der Waals surface area (Å²) in [6.07, 6.45) is -0.382. The van der Waals surface area contributed by atoms with Crippen LogP contribution in [0, 0.1) is 0 Å². The molecule has 0 saturated heterocycles. The fourth-order valence-electron chi connectivity index (χ4n) is 2.85. The van der Waals surface area contributed by atoms with Crippen molar-refractivity contribution < 1.29 is 52.5 Å². The van der Waals surface area contributed by atoms with Crippen LogP contribution < -0.4 is 10.1 Å². The summed E-state index contributed by atoms with van der Waals surface area (Å²) in [5, 5.41) is 10.9. The van der Waals surface area contributed by atoms with Crippen LogP contribution in [-0.2, 0) is 44.3 Å². The Kier molecular flexibility index (Phi) is 23.8. The van der Waals surface area contributed by atoms with E-state index in [0.717, 1.165) is 11.3 Å². The third kappa shape index (κ3) is 23.1. The average molecular weight is 548 g/mol. The molecule has 0 aromatic heterocycles. The van der Waals surface area contributed by atoms with E-state index < -0.39 is 6.09 Å². The minimum Gasteiger partial charge on any atom is -0.491 e. The van der Waals surface area contributed by atoms with Crippen molar-refractivity contribution >= 4 is 6.09 Å². The summed E-state index contributed by atoms with van der Waals surface area (Å²) >= 11 is 0. The number of methoxy groups -OCH3 is 1. The molecule has 0 unspecified atom stereocenters. The highest BCUT2D eigenvalue weighted by Crippen LogP contribution is 2.12. The summed E-state index contributed by atoms with van der Waals surface area (Å²) in [5.41, 5.74) is 1.04. The monoisotopic (exact) mass is 547 g/mol. The zero-order chi connectivity index (χ0) is 27.4. The van der Waals surface area contributed by atoms with Crippen molar-refractivity contribution in [1.29, 1.82) is 0 Å². The fraction of sp³-hybridized carbons (Fsp3) is 0.731. The van der Waals surface area contributed by atoms with Gasteiger partial charge in [-0.25, -0.2) is 4.79 Å². The van der Waals surface area contributed by atoms with Crippen molar-refractivity contribution in [3.63, 3.8) is 0 Å². The van der Waals surface area contributed by atoms with Crippen molar-refractivity contribution in [2.75, 3.05) is 119 Å². The van der Waals surface area contributed by atoms with Gasteiger partial charge in [0.1, 0.15) is 12.4 Å². The Balaban J connectivity index is 1.74. The molecule has 220 valence electrons. The second-order valence-corrected chi connectivity index (χ2v) is 7.75. The van der Waals surface area contributed by atoms with E-state index in [9.17, 15) is 4.79 Å². The number of hydrogen-bond donors (Lipinski definition) is 2. The van der Waals surface area contributed by atoms with Crippen LogP contribution in [0.3, 0.4) is 0 Å². The molecule has 1 amide bonds. The number of rotatable bonds is 28. The molecule has 0 aliphatic heterocycles. The summed E-state index contributed by atoms with van der Waals surface area (Å²) in [7, 11) is 1.64. The van der Waals surface area contributed by atoms with Crippen molar-refractivity contribution in [2.24, 2.45) is 0 Å². The molecule has 2 N–H and O–H groups in total. The maximum absolute atomic E-state index is 10.4. The molecule has 0 fully saturated rings. The summed E-state index contributed by atoms with van der Waals surface area (Å²) < 4.78 is 48.4. The average Bonchev–Trinajstić information content (AvgIpc) is 2.91. The zero-order valence-electron chi connectivity index (χ0n) is 22.6. The Morgan fingerprint density at radius 3 is 1.34 bits per heavy atom. The lowest BCUT2D eigenvalue weighted by Gasteiger charge is -2.09. The Bertz CT molecular complexity index is 649. The highest BCUT2D eigenvalue weighted by atomic mass is 16.6. The molecule has 1 aromatic rings. The van der Waals surface area contributed by atoms with Crippen LogP contribution in [0.1, 0.15) is 5.56 Å². The molecular weight excluding hydrogens is 502 g/mol. The van der Waals surface area contributed by atoms with Crippen molar-refractivity contribution in [2.45, 2.75) is 6.42 Å². The summed E-state index contributed by atoms with van der Waals surface area (Å²) in [5.74, 6) is 0.745. The molecule has 0 aliphatic rings. The Morgan fingerprint density at radius 1 is 0.605 bits per heavy atom. The van der Waals surface area contributed by atoms with Crippen LogP contribution in [-0.4, -0.2) is 131 Å². The first-order valence-electron chi connectivity index (χ1n) is 12.9. The molecule has 0 aliphatic carbocycles. The van der Waals surface area contributed by atoms with Gasteiger partial charge in [0.15, 0.2) is 0 Å². The predicted octanol–water partition coefficient (Wildman–Crippen LogP) is 1.64. The van der Waals surface area contributed by atoms with Gasteiger partial charge in [-0.15, -0.1) is 0 Å². The Hall–Kier alpha value is -2.03. The number of benzene rings is 1. The molecule has 1 rings (SSSR count). The minimum absolute atomic E-state index is 0.382. The smallest absolute Gasteiger partial charge is 0.404 e. The van der Waals surface area contributed by atoms with Crippen LogP contribution in [0.4, 0.5) is 4.79 Å². The van der Waals surface area contributed by atoms with Gasteiger partial charge in [-0.2, -0.15) is 0 Å². The first kappa shape index (κ1) is 34.0. The molecule has 38 heavy (non-hydrogen) atoms. The van der Waals surface area contributed by atoms with Crippen LogP contribution in [0.5, 0.6) is 5.75 Å². The zero-order valence-corrected chi connectivity index (χ0v) is 22.6. The van der Waals surface area contributed by atoms with E-state index in [1.54, 1.807) is 7.11 Å². The molecular formula is C26H45NO11. The molecule has 0 radical (unpaired) electrons. The number of hydrogen-bond acceptors (Lipinski definition) is 10. The molecule has 0 heterocycles. The molecule has 0 atom stereocenters. The number of ether oxygens (including phenoxy) is 9. The number of carbonyl (C=O) groups is 1. The van der Waals surface area contributed by atoms with Crippen LogP contribution in [0.25, 0.3) is 0 Å². The maximum atomic E-state index is 10.4.